The molecule has 2 heteroatoms. The Kier molecular flexibility index (Phi) is 4.42. The van der Waals surface area contributed by atoms with Crippen LogP contribution in [0.4, 0.5) is 0 Å². The van der Waals surface area contributed by atoms with Gasteiger partial charge in [0.05, 0.1) is 12.7 Å². The van der Waals surface area contributed by atoms with Crippen LogP contribution < -0.4 is 5.32 Å². The predicted octanol–water partition coefficient (Wildman–Crippen LogP) is 2.89. The summed E-state index contributed by atoms with van der Waals surface area (Å²) in [6.45, 7) is 8.10. The van der Waals surface area contributed by atoms with Crippen LogP contribution in [0.2, 0.25) is 0 Å². The summed E-state index contributed by atoms with van der Waals surface area (Å²) in [4.78, 5) is 0. The molecular formula is C14H25NO. The molecule has 0 aromatic heterocycles. The Labute approximate surface area is 99.4 Å². The highest BCUT2D eigenvalue weighted by molar-refractivity contribution is 4.99. The van der Waals surface area contributed by atoms with Crippen LogP contribution in [0.5, 0.6) is 0 Å². The highest BCUT2D eigenvalue weighted by Crippen LogP contribution is 2.25. The minimum atomic E-state index is 0.494. The molecule has 2 nitrogen and oxygen atoms in total. The van der Waals surface area contributed by atoms with Gasteiger partial charge in [-0.05, 0) is 50.0 Å². The minimum Gasteiger partial charge on any atom is -0.374 e. The Hall–Kier alpha value is -0.340. The summed E-state index contributed by atoms with van der Waals surface area (Å²) in [6.07, 6.45) is 8.32. The predicted molar refractivity (Wildman–Crippen MR) is 67.5 cm³/mol. The maximum absolute atomic E-state index is 5.91. The lowest BCUT2D eigenvalue weighted by atomic mass is 9.89. The highest BCUT2D eigenvalue weighted by atomic mass is 16.5. The van der Waals surface area contributed by atoms with Crippen LogP contribution in [0.3, 0.4) is 0 Å². The standard InChI is InChI=1S/C14H25NO/c1-11-3-7-14(8-4-11)16-10-12(2)9-15-13-5-6-13/h11,13-15H,2-10H2,1H3. The first-order valence-electron chi connectivity index (χ1n) is 6.75. The Morgan fingerprint density at radius 3 is 2.50 bits per heavy atom. The summed E-state index contributed by atoms with van der Waals surface area (Å²) in [5.41, 5.74) is 1.20. The van der Waals surface area contributed by atoms with E-state index in [2.05, 4.69) is 18.8 Å². The number of ether oxygens (including phenoxy) is 1. The Morgan fingerprint density at radius 2 is 1.88 bits per heavy atom. The maximum Gasteiger partial charge on any atom is 0.0690 e. The molecule has 2 fully saturated rings. The topological polar surface area (TPSA) is 21.3 Å². The Morgan fingerprint density at radius 1 is 1.19 bits per heavy atom. The van der Waals surface area contributed by atoms with Gasteiger partial charge in [0.25, 0.3) is 0 Å². The van der Waals surface area contributed by atoms with Crippen molar-refractivity contribution in [3.63, 3.8) is 0 Å². The first kappa shape index (κ1) is 12.1. The van der Waals surface area contributed by atoms with Gasteiger partial charge in [-0.1, -0.05) is 13.5 Å². The molecule has 0 bridgehead atoms. The van der Waals surface area contributed by atoms with Crippen LogP contribution in [0.1, 0.15) is 45.4 Å². The minimum absolute atomic E-state index is 0.494. The molecule has 0 saturated heterocycles. The molecule has 0 atom stereocenters. The van der Waals surface area contributed by atoms with Crippen molar-refractivity contribution in [3.05, 3.63) is 12.2 Å². The zero-order chi connectivity index (χ0) is 11.4. The molecule has 16 heavy (non-hydrogen) atoms. The van der Waals surface area contributed by atoms with Gasteiger partial charge in [0.2, 0.25) is 0 Å². The first-order valence-corrected chi connectivity index (χ1v) is 6.75. The fraction of sp³-hybridized carbons (Fsp3) is 0.857. The largest absolute Gasteiger partial charge is 0.374 e. The van der Waals surface area contributed by atoms with Crippen molar-refractivity contribution >= 4 is 0 Å². The van der Waals surface area contributed by atoms with Gasteiger partial charge in [-0.25, -0.2) is 0 Å². The monoisotopic (exact) mass is 223 g/mol. The molecule has 2 saturated carbocycles. The van der Waals surface area contributed by atoms with E-state index in [0.717, 1.165) is 25.1 Å². The van der Waals surface area contributed by atoms with Crippen molar-refractivity contribution < 1.29 is 4.74 Å². The lowest BCUT2D eigenvalue weighted by molar-refractivity contribution is 0.0326. The SMILES string of the molecule is C=C(CNC1CC1)COC1CCC(C)CC1. The fourth-order valence-corrected chi connectivity index (χ4v) is 2.26. The quantitative estimate of drug-likeness (QED) is 0.699. The third-order valence-electron chi connectivity index (χ3n) is 3.70. The molecule has 0 heterocycles. The number of nitrogens with one attached hydrogen (secondary N) is 1. The number of rotatable bonds is 6. The second kappa shape index (κ2) is 5.83. The summed E-state index contributed by atoms with van der Waals surface area (Å²) >= 11 is 0. The van der Waals surface area contributed by atoms with Crippen molar-refractivity contribution in [1.29, 1.82) is 0 Å². The molecule has 2 aliphatic rings. The van der Waals surface area contributed by atoms with Crippen LogP contribution in [-0.4, -0.2) is 25.3 Å². The average molecular weight is 223 g/mol. The van der Waals surface area contributed by atoms with E-state index in [0.29, 0.717) is 6.10 Å². The van der Waals surface area contributed by atoms with Crippen LogP contribution in [0.25, 0.3) is 0 Å². The molecule has 0 amide bonds. The van der Waals surface area contributed by atoms with Crippen molar-refractivity contribution in [2.75, 3.05) is 13.2 Å². The van der Waals surface area contributed by atoms with E-state index >= 15 is 0 Å². The summed E-state index contributed by atoms with van der Waals surface area (Å²) < 4.78 is 5.91. The third kappa shape index (κ3) is 4.26. The number of hydrogen-bond donors (Lipinski definition) is 1. The van der Waals surface area contributed by atoms with Gasteiger partial charge in [-0.15, -0.1) is 0 Å². The zero-order valence-electron chi connectivity index (χ0n) is 10.5. The van der Waals surface area contributed by atoms with E-state index in [9.17, 15) is 0 Å². The highest BCUT2D eigenvalue weighted by Gasteiger charge is 2.21. The normalized spacial score (nSPS) is 30.3. The van der Waals surface area contributed by atoms with Gasteiger partial charge in [-0.3, -0.25) is 0 Å². The van der Waals surface area contributed by atoms with E-state index in [4.69, 9.17) is 4.74 Å². The molecule has 0 aliphatic heterocycles. The van der Waals surface area contributed by atoms with Gasteiger partial charge >= 0.3 is 0 Å². The number of hydrogen-bond acceptors (Lipinski definition) is 2. The van der Waals surface area contributed by atoms with Crippen molar-refractivity contribution in [2.45, 2.75) is 57.6 Å². The smallest absolute Gasteiger partial charge is 0.0690 e. The molecule has 92 valence electrons. The molecule has 2 aliphatic carbocycles. The summed E-state index contributed by atoms with van der Waals surface area (Å²) in [5.74, 6) is 0.902. The van der Waals surface area contributed by atoms with Crippen LogP contribution in [0, 0.1) is 5.92 Å². The summed E-state index contributed by atoms with van der Waals surface area (Å²) in [5, 5.41) is 3.47. The zero-order valence-corrected chi connectivity index (χ0v) is 10.5. The molecule has 0 radical (unpaired) electrons. The van der Waals surface area contributed by atoms with Gasteiger partial charge in [-0.2, -0.15) is 0 Å². The average Bonchev–Trinajstić information content (AvgIpc) is 3.09. The Balaban J connectivity index is 1.53. The van der Waals surface area contributed by atoms with Gasteiger partial charge in [0, 0.05) is 12.6 Å². The second-order valence-electron chi connectivity index (χ2n) is 5.60. The summed E-state index contributed by atoms with van der Waals surface area (Å²) in [7, 11) is 0. The van der Waals surface area contributed by atoms with E-state index in [1.54, 1.807) is 0 Å². The van der Waals surface area contributed by atoms with Crippen LogP contribution in [-0.2, 0) is 4.74 Å². The van der Waals surface area contributed by atoms with Crippen molar-refractivity contribution in [1.82, 2.24) is 5.32 Å². The molecule has 1 N–H and O–H groups in total. The molecule has 0 unspecified atom stereocenters. The first-order chi connectivity index (χ1) is 7.74. The van der Waals surface area contributed by atoms with E-state index < -0.39 is 0 Å². The van der Waals surface area contributed by atoms with Crippen LogP contribution in [0.15, 0.2) is 12.2 Å². The maximum atomic E-state index is 5.91. The molecule has 0 spiro atoms. The molecule has 0 aromatic carbocycles. The second-order valence-corrected chi connectivity index (χ2v) is 5.60. The Bertz CT molecular complexity index is 227. The van der Waals surface area contributed by atoms with E-state index in [1.165, 1.54) is 44.1 Å². The van der Waals surface area contributed by atoms with E-state index in [1.807, 2.05) is 0 Å². The van der Waals surface area contributed by atoms with Gasteiger partial charge in [0.15, 0.2) is 0 Å². The summed E-state index contributed by atoms with van der Waals surface area (Å²) in [6, 6.07) is 0.771. The third-order valence-corrected chi connectivity index (χ3v) is 3.70. The van der Waals surface area contributed by atoms with Gasteiger partial charge in [0.1, 0.15) is 0 Å². The molecular weight excluding hydrogens is 198 g/mol. The fourth-order valence-electron chi connectivity index (χ4n) is 2.26. The van der Waals surface area contributed by atoms with Gasteiger partial charge < -0.3 is 10.1 Å². The molecule has 2 rings (SSSR count). The molecule has 0 aromatic rings. The lowest BCUT2D eigenvalue weighted by Gasteiger charge is -2.26. The van der Waals surface area contributed by atoms with Crippen molar-refractivity contribution in [2.24, 2.45) is 5.92 Å². The van der Waals surface area contributed by atoms with Crippen LogP contribution >= 0.6 is 0 Å². The van der Waals surface area contributed by atoms with E-state index in [-0.39, 0.29) is 0 Å². The van der Waals surface area contributed by atoms with Crippen molar-refractivity contribution in [3.8, 4) is 0 Å². The lowest BCUT2D eigenvalue weighted by Crippen LogP contribution is -2.24.